The Labute approximate surface area is 131 Å². The molecule has 1 fully saturated rings. The van der Waals surface area contributed by atoms with Gasteiger partial charge in [0.2, 0.25) is 0 Å². The van der Waals surface area contributed by atoms with Crippen LogP contribution in [-0.2, 0) is 10.2 Å². The fourth-order valence-electron chi connectivity index (χ4n) is 3.16. The monoisotopic (exact) mass is 319 g/mol. The molecule has 1 saturated carbocycles. The fraction of sp³-hybridized carbons (Fsp3) is 1.00. The molecule has 0 spiro atoms. The second-order valence-corrected chi connectivity index (χ2v) is 8.83. The highest BCUT2D eigenvalue weighted by Gasteiger charge is 2.28. The molecule has 6 heteroatoms. The first-order valence-electron chi connectivity index (χ1n) is 8.17. The summed E-state index contributed by atoms with van der Waals surface area (Å²) in [4.78, 5) is 0. The van der Waals surface area contributed by atoms with Gasteiger partial charge in [0.05, 0.1) is 0 Å². The lowest BCUT2D eigenvalue weighted by Gasteiger charge is -2.32. The molecule has 0 bridgehead atoms. The van der Waals surface area contributed by atoms with Crippen LogP contribution in [0.4, 0.5) is 0 Å². The molecule has 2 unspecified atom stereocenters. The Hall–Kier alpha value is -0.170. The van der Waals surface area contributed by atoms with Crippen molar-refractivity contribution in [2.75, 3.05) is 20.1 Å². The summed E-state index contributed by atoms with van der Waals surface area (Å²) in [6, 6.07) is 0.528. The summed E-state index contributed by atoms with van der Waals surface area (Å²) in [6.07, 6.45) is 3.93. The van der Waals surface area contributed by atoms with Crippen molar-refractivity contribution < 1.29 is 8.42 Å². The Morgan fingerprint density at radius 1 is 1.14 bits per heavy atom. The minimum absolute atomic E-state index is 0.0880. The zero-order valence-electron chi connectivity index (χ0n) is 14.2. The fourth-order valence-corrected chi connectivity index (χ4v) is 4.32. The highest BCUT2D eigenvalue weighted by molar-refractivity contribution is 7.87. The molecule has 0 aliphatic heterocycles. The maximum Gasteiger partial charge on any atom is 0.279 e. The molecular weight excluding hydrogens is 286 g/mol. The van der Waals surface area contributed by atoms with Crippen LogP contribution in [0.15, 0.2) is 0 Å². The maximum atomic E-state index is 12.3. The van der Waals surface area contributed by atoms with Crippen LogP contribution in [0.3, 0.4) is 0 Å². The lowest BCUT2D eigenvalue weighted by Crippen LogP contribution is -2.46. The molecule has 1 rings (SSSR count). The molecule has 5 nitrogen and oxygen atoms in total. The molecule has 0 aromatic heterocycles. The first-order chi connectivity index (χ1) is 9.70. The smallest absolute Gasteiger partial charge is 0.279 e. The van der Waals surface area contributed by atoms with E-state index in [1.807, 2.05) is 0 Å². The third-order valence-corrected chi connectivity index (χ3v) is 5.74. The van der Waals surface area contributed by atoms with E-state index < -0.39 is 10.2 Å². The van der Waals surface area contributed by atoms with Crippen molar-refractivity contribution in [1.82, 2.24) is 14.3 Å². The highest BCUT2D eigenvalue weighted by atomic mass is 32.2. The van der Waals surface area contributed by atoms with E-state index in [2.05, 4.69) is 37.7 Å². The zero-order chi connectivity index (χ0) is 16.0. The predicted octanol–water partition coefficient (Wildman–Crippen LogP) is 1.97. The molecule has 0 aromatic rings. The van der Waals surface area contributed by atoms with Gasteiger partial charge in [-0.1, -0.05) is 27.7 Å². The Morgan fingerprint density at radius 2 is 1.71 bits per heavy atom. The molecule has 0 heterocycles. The quantitative estimate of drug-likeness (QED) is 0.672. The average molecular weight is 320 g/mol. The number of nitrogens with zero attached hydrogens (tertiary/aromatic N) is 1. The summed E-state index contributed by atoms with van der Waals surface area (Å²) in [6.45, 7) is 9.99. The lowest BCUT2D eigenvalue weighted by molar-refractivity contribution is 0.255. The topological polar surface area (TPSA) is 61.4 Å². The maximum absolute atomic E-state index is 12.3. The molecular formula is C15H33N3O2S. The van der Waals surface area contributed by atoms with E-state index >= 15 is 0 Å². The van der Waals surface area contributed by atoms with Gasteiger partial charge in [0.15, 0.2) is 0 Å². The van der Waals surface area contributed by atoms with Crippen LogP contribution in [0.2, 0.25) is 0 Å². The molecule has 21 heavy (non-hydrogen) atoms. The number of hydrogen-bond acceptors (Lipinski definition) is 3. The molecule has 2 atom stereocenters. The zero-order valence-corrected chi connectivity index (χ0v) is 15.0. The van der Waals surface area contributed by atoms with Gasteiger partial charge < -0.3 is 5.32 Å². The van der Waals surface area contributed by atoms with Crippen LogP contribution in [0.1, 0.15) is 53.4 Å². The molecule has 0 saturated heterocycles. The number of nitrogens with one attached hydrogen (secondary N) is 2. The summed E-state index contributed by atoms with van der Waals surface area (Å²) >= 11 is 0. The minimum atomic E-state index is -3.35. The molecule has 0 radical (unpaired) electrons. The average Bonchev–Trinajstić information content (AvgIpc) is 2.32. The Morgan fingerprint density at radius 3 is 2.24 bits per heavy atom. The normalized spacial score (nSPS) is 27.5. The van der Waals surface area contributed by atoms with Crippen molar-refractivity contribution in [1.29, 1.82) is 0 Å². The van der Waals surface area contributed by atoms with E-state index in [9.17, 15) is 8.42 Å². The van der Waals surface area contributed by atoms with Crippen molar-refractivity contribution in [3.05, 3.63) is 0 Å². The largest absolute Gasteiger partial charge is 0.314 e. The molecule has 1 aliphatic rings. The summed E-state index contributed by atoms with van der Waals surface area (Å²) < 4.78 is 29.0. The molecule has 126 valence electrons. The summed E-state index contributed by atoms with van der Waals surface area (Å²) in [5.74, 6) is 1.20. The Bertz CT molecular complexity index is 388. The van der Waals surface area contributed by atoms with Crippen LogP contribution in [0.5, 0.6) is 0 Å². The van der Waals surface area contributed by atoms with Crippen LogP contribution < -0.4 is 10.0 Å². The highest BCUT2D eigenvalue weighted by Crippen LogP contribution is 2.28. The summed E-state index contributed by atoms with van der Waals surface area (Å²) in [5, 5.41) is 3.30. The molecule has 0 aromatic carbocycles. The summed E-state index contributed by atoms with van der Waals surface area (Å²) in [5.41, 5.74) is 0. The van der Waals surface area contributed by atoms with E-state index in [1.165, 1.54) is 10.7 Å². The second kappa shape index (κ2) is 8.46. The van der Waals surface area contributed by atoms with E-state index in [4.69, 9.17) is 0 Å². The molecule has 2 N–H and O–H groups in total. The van der Waals surface area contributed by atoms with Gasteiger partial charge in [-0.2, -0.15) is 17.4 Å². The van der Waals surface area contributed by atoms with Gasteiger partial charge in [0.25, 0.3) is 10.2 Å². The summed E-state index contributed by atoms with van der Waals surface area (Å²) in [7, 11) is -1.69. The standard InChI is InChI=1S/C15H33N3O2S/c1-12(2)16-7-6-8-18(5)21(19,20)17-15-10-13(3)9-14(4)11-15/h12-17H,6-11H2,1-5H3. The van der Waals surface area contributed by atoms with Crippen molar-refractivity contribution in [2.45, 2.75) is 65.5 Å². The van der Waals surface area contributed by atoms with Crippen LogP contribution in [0.25, 0.3) is 0 Å². The van der Waals surface area contributed by atoms with Gasteiger partial charge >= 0.3 is 0 Å². The van der Waals surface area contributed by atoms with Crippen molar-refractivity contribution in [3.8, 4) is 0 Å². The lowest BCUT2D eigenvalue weighted by atomic mass is 9.81. The third kappa shape index (κ3) is 7.08. The SMILES string of the molecule is CC1CC(C)CC(NS(=O)(=O)N(C)CCCNC(C)C)C1. The van der Waals surface area contributed by atoms with Gasteiger partial charge in [0.1, 0.15) is 0 Å². The van der Waals surface area contributed by atoms with Crippen LogP contribution >= 0.6 is 0 Å². The van der Waals surface area contributed by atoms with Gasteiger partial charge in [0, 0.05) is 25.7 Å². The van der Waals surface area contributed by atoms with E-state index in [0.717, 1.165) is 25.8 Å². The minimum Gasteiger partial charge on any atom is -0.314 e. The molecule has 0 amide bonds. The molecule has 1 aliphatic carbocycles. The van der Waals surface area contributed by atoms with Gasteiger partial charge in [-0.25, -0.2) is 0 Å². The van der Waals surface area contributed by atoms with Gasteiger partial charge in [-0.15, -0.1) is 0 Å². The van der Waals surface area contributed by atoms with Crippen LogP contribution in [0, 0.1) is 11.8 Å². The van der Waals surface area contributed by atoms with Gasteiger partial charge in [-0.3, -0.25) is 0 Å². The van der Waals surface area contributed by atoms with Gasteiger partial charge in [-0.05, 0) is 44.1 Å². The first-order valence-corrected chi connectivity index (χ1v) is 9.61. The Balaban J connectivity index is 2.41. The van der Waals surface area contributed by atoms with Crippen LogP contribution in [-0.4, -0.2) is 44.9 Å². The first kappa shape index (κ1) is 18.9. The number of hydrogen-bond donors (Lipinski definition) is 2. The van der Waals surface area contributed by atoms with E-state index in [0.29, 0.717) is 24.4 Å². The third-order valence-electron chi connectivity index (χ3n) is 4.11. The van der Waals surface area contributed by atoms with Crippen molar-refractivity contribution in [2.24, 2.45) is 11.8 Å². The van der Waals surface area contributed by atoms with Crippen molar-refractivity contribution in [3.63, 3.8) is 0 Å². The second-order valence-electron chi connectivity index (χ2n) is 7.02. The van der Waals surface area contributed by atoms with Crippen molar-refractivity contribution >= 4 is 10.2 Å². The number of rotatable bonds is 8. The predicted molar refractivity (Wildman–Crippen MR) is 88.4 cm³/mol. The van der Waals surface area contributed by atoms with E-state index in [1.54, 1.807) is 7.05 Å². The van der Waals surface area contributed by atoms with E-state index in [-0.39, 0.29) is 6.04 Å². The Kier molecular flexibility index (Phi) is 7.60.